The molecule has 8 nitrogen and oxygen atoms in total. The highest BCUT2D eigenvalue weighted by molar-refractivity contribution is 9.10. The number of nitrogens with one attached hydrogen (secondary N) is 3. The van der Waals surface area contributed by atoms with Crippen LogP contribution >= 0.6 is 15.9 Å². The smallest absolute Gasteiger partial charge is 0.410 e. The van der Waals surface area contributed by atoms with E-state index < -0.39 is 5.60 Å². The number of allylic oxidation sites excluding steroid dienone is 2. The predicted molar refractivity (Wildman–Crippen MR) is 131 cm³/mol. The molecule has 1 aliphatic carbocycles. The molecule has 176 valence electrons. The van der Waals surface area contributed by atoms with Crippen LogP contribution in [0.5, 0.6) is 0 Å². The van der Waals surface area contributed by atoms with E-state index in [2.05, 4.69) is 48.4 Å². The zero-order valence-corrected chi connectivity index (χ0v) is 21.1. The quantitative estimate of drug-likeness (QED) is 0.438. The Kier molecular flexibility index (Phi) is 8.03. The van der Waals surface area contributed by atoms with Crippen LogP contribution in [0.3, 0.4) is 0 Å². The molecule has 1 saturated heterocycles. The molecule has 0 atom stereocenters. The summed E-state index contributed by atoms with van der Waals surface area (Å²) >= 11 is 3.52. The first-order chi connectivity index (χ1) is 15.1. The van der Waals surface area contributed by atoms with Crippen molar-refractivity contribution < 1.29 is 9.53 Å². The van der Waals surface area contributed by atoms with Crippen molar-refractivity contribution in [3.05, 3.63) is 34.7 Å². The molecule has 1 aromatic rings. The van der Waals surface area contributed by atoms with Crippen LogP contribution < -0.4 is 16.0 Å². The van der Waals surface area contributed by atoms with Gasteiger partial charge in [-0.05, 0) is 85.9 Å². The van der Waals surface area contributed by atoms with Crippen molar-refractivity contribution in [3.63, 3.8) is 0 Å². The van der Waals surface area contributed by atoms with Crippen LogP contribution in [0.15, 0.2) is 34.7 Å². The fourth-order valence-corrected chi connectivity index (χ4v) is 3.77. The number of likely N-dealkylation sites (tertiary alicyclic amines) is 1. The summed E-state index contributed by atoms with van der Waals surface area (Å²) in [5, 5.41) is 9.83. The van der Waals surface area contributed by atoms with Gasteiger partial charge in [0.05, 0.1) is 4.47 Å². The van der Waals surface area contributed by atoms with Crippen LogP contribution in [0.25, 0.3) is 0 Å². The summed E-state index contributed by atoms with van der Waals surface area (Å²) in [6, 6.07) is 0. The highest BCUT2D eigenvalue weighted by atomic mass is 79.9. The van der Waals surface area contributed by atoms with Gasteiger partial charge in [0.15, 0.2) is 5.82 Å². The van der Waals surface area contributed by atoms with Gasteiger partial charge in [-0.25, -0.2) is 9.78 Å². The van der Waals surface area contributed by atoms with Gasteiger partial charge in [0.25, 0.3) is 0 Å². The molecule has 2 fully saturated rings. The monoisotopic (exact) mass is 506 g/mol. The van der Waals surface area contributed by atoms with E-state index in [1.165, 1.54) is 12.8 Å². The minimum atomic E-state index is -0.465. The zero-order chi connectivity index (χ0) is 23.3. The lowest BCUT2D eigenvalue weighted by molar-refractivity contribution is 0.0188. The summed E-state index contributed by atoms with van der Waals surface area (Å²) < 4.78 is 6.26. The number of carbonyl (C=O) groups is 1. The number of carbonyl (C=O) groups excluding carboxylic acids is 1. The van der Waals surface area contributed by atoms with Crippen LogP contribution in [0.4, 0.5) is 16.6 Å². The molecule has 2 heterocycles. The van der Waals surface area contributed by atoms with Crippen LogP contribution in [0.2, 0.25) is 0 Å². The second-order valence-electron chi connectivity index (χ2n) is 9.46. The number of amides is 1. The van der Waals surface area contributed by atoms with Crippen molar-refractivity contribution in [3.8, 4) is 0 Å². The van der Waals surface area contributed by atoms with E-state index in [4.69, 9.17) is 4.74 Å². The number of rotatable bonds is 8. The lowest BCUT2D eigenvalue weighted by Crippen LogP contribution is -2.42. The maximum absolute atomic E-state index is 12.2. The Morgan fingerprint density at radius 3 is 2.59 bits per heavy atom. The molecular weight excluding hydrogens is 472 g/mol. The Labute approximate surface area is 199 Å². The fourth-order valence-electron chi connectivity index (χ4n) is 3.48. The minimum Gasteiger partial charge on any atom is -0.444 e. The summed E-state index contributed by atoms with van der Waals surface area (Å²) in [4.78, 5) is 23.0. The van der Waals surface area contributed by atoms with Crippen molar-refractivity contribution in [2.75, 3.05) is 37.3 Å². The standard InChI is InChI=1S/C23H35BrN6O2/c1-15(17-6-7-17)12-19(25-5)28-20-18(24)14-27-21(29-20)26-13-16-8-10-30(11-9-16)22(31)32-23(2,3)4/h12,14,16-17,25H,1,6-11,13H2,2-5H3,(H2,26,27,28,29)/b19-12+. The third-order valence-electron chi connectivity index (χ3n) is 5.51. The minimum absolute atomic E-state index is 0.228. The number of aromatic nitrogens is 2. The Morgan fingerprint density at radius 2 is 2.00 bits per heavy atom. The van der Waals surface area contributed by atoms with Gasteiger partial charge in [0.1, 0.15) is 11.4 Å². The van der Waals surface area contributed by atoms with Crippen molar-refractivity contribution in [1.82, 2.24) is 20.2 Å². The number of anilines is 2. The first kappa shape index (κ1) is 24.4. The van der Waals surface area contributed by atoms with E-state index in [-0.39, 0.29) is 6.09 Å². The summed E-state index contributed by atoms with van der Waals surface area (Å²) in [6.07, 6.45) is 7.83. The molecule has 1 aromatic heterocycles. The lowest BCUT2D eigenvalue weighted by Gasteiger charge is -2.33. The Morgan fingerprint density at radius 1 is 1.31 bits per heavy atom. The van der Waals surface area contributed by atoms with Gasteiger partial charge in [0, 0.05) is 32.9 Å². The molecule has 0 bridgehead atoms. The molecule has 1 amide bonds. The predicted octanol–water partition coefficient (Wildman–Crippen LogP) is 4.74. The number of piperidine rings is 1. The normalized spacial score (nSPS) is 17.7. The van der Waals surface area contributed by atoms with Crippen molar-refractivity contribution in [2.24, 2.45) is 11.8 Å². The van der Waals surface area contributed by atoms with Crippen molar-refractivity contribution in [1.29, 1.82) is 0 Å². The van der Waals surface area contributed by atoms with Crippen LogP contribution in [0.1, 0.15) is 46.5 Å². The van der Waals surface area contributed by atoms with Crippen molar-refractivity contribution >= 4 is 33.8 Å². The molecular formula is C23H35BrN6O2. The second-order valence-corrected chi connectivity index (χ2v) is 10.3. The topological polar surface area (TPSA) is 91.4 Å². The first-order valence-corrected chi connectivity index (χ1v) is 12.0. The van der Waals surface area contributed by atoms with Gasteiger partial charge in [-0.3, -0.25) is 0 Å². The number of halogens is 1. The average molecular weight is 507 g/mol. The Hall–Kier alpha value is -2.29. The second kappa shape index (κ2) is 10.6. The van der Waals surface area contributed by atoms with Gasteiger partial charge in [-0.15, -0.1) is 0 Å². The zero-order valence-electron chi connectivity index (χ0n) is 19.5. The molecule has 1 aliphatic heterocycles. The molecule has 0 unspecified atom stereocenters. The summed E-state index contributed by atoms with van der Waals surface area (Å²) in [6.45, 7) is 12.0. The SMILES string of the molecule is C=C(/C=C(\NC)Nc1nc(NCC2CCN(C(=O)OC(C)(C)C)CC2)ncc1Br)C1CC1. The molecule has 0 aromatic carbocycles. The van der Waals surface area contributed by atoms with E-state index in [1.807, 2.05) is 33.9 Å². The van der Waals surface area contributed by atoms with Gasteiger partial charge < -0.3 is 25.6 Å². The van der Waals surface area contributed by atoms with Gasteiger partial charge in [-0.2, -0.15) is 4.98 Å². The number of hydrogen-bond donors (Lipinski definition) is 3. The Balaban J connectivity index is 1.51. The van der Waals surface area contributed by atoms with E-state index in [1.54, 1.807) is 11.1 Å². The van der Waals surface area contributed by atoms with E-state index >= 15 is 0 Å². The van der Waals surface area contributed by atoms with Crippen LogP contribution in [-0.2, 0) is 4.74 Å². The van der Waals surface area contributed by atoms with Gasteiger partial charge in [0.2, 0.25) is 5.95 Å². The number of ether oxygens (including phenoxy) is 1. The molecule has 0 radical (unpaired) electrons. The van der Waals surface area contributed by atoms with Gasteiger partial charge >= 0.3 is 6.09 Å². The molecule has 2 aliphatic rings. The third kappa shape index (κ3) is 7.39. The van der Waals surface area contributed by atoms with E-state index in [9.17, 15) is 4.79 Å². The molecule has 32 heavy (non-hydrogen) atoms. The highest BCUT2D eigenvalue weighted by Crippen LogP contribution is 2.36. The van der Waals surface area contributed by atoms with Crippen LogP contribution in [0, 0.1) is 11.8 Å². The lowest BCUT2D eigenvalue weighted by atomic mass is 9.97. The largest absolute Gasteiger partial charge is 0.444 e. The molecule has 9 heteroatoms. The molecule has 1 saturated carbocycles. The molecule has 3 rings (SSSR count). The average Bonchev–Trinajstić information content (AvgIpc) is 3.58. The number of nitrogens with zero attached hydrogens (tertiary/aromatic N) is 3. The van der Waals surface area contributed by atoms with E-state index in [0.29, 0.717) is 36.7 Å². The van der Waals surface area contributed by atoms with Crippen LogP contribution in [-0.4, -0.2) is 53.2 Å². The molecule has 0 spiro atoms. The maximum Gasteiger partial charge on any atom is 0.410 e. The number of hydrogen-bond acceptors (Lipinski definition) is 7. The van der Waals surface area contributed by atoms with Gasteiger partial charge in [-0.1, -0.05) is 6.58 Å². The summed E-state index contributed by atoms with van der Waals surface area (Å²) in [5.41, 5.74) is 0.663. The van der Waals surface area contributed by atoms with Crippen molar-refractivity contribution in [2.45, 2.75) is 52.1 Å². The maximum atomic E-state index is 12.2. The Bertz CT molecular complexity index is 855. The third-order valence-corrected chi connectivity index (χ3v) is 6.09. The summed E-state index contributed by atoms with van der Waals surface area (Å²) in [7, 11) is 1.87. The highest BCUT2D eigenvalue weighted by Gasteiger charge is 2.27. The molecule has 3 N–H and O–H groups in total. The first-order valence-electron chi connectivity index (χ1n) is 11.2. The summed E-state index contributed by atoms with van der Waals surface area (Å²) in [5.74, 6) is 3.16. The van der Waals surface area contributed by atoms with E-state index in [0.717, 1.165) is 35.3 Å². The fraction of sp³-hybridized carbons (Fsp3) is 0.609.